The van der Waals surface area contributed by atoms with E-state index >= 15 is 0 Å². The highest BCUT2D eigenvalue weighted by Gasteiger charge is 2.10. The van der Waals surface area contributed by atoms with Crippen molar-refractivity contribution in [2.75, 3.05) is 0 Å². The van der Waals surface area contributed by atoms with Gasteiger partial charge in [-0.1, -0.05) is 11.8 Å². The number of aromatic nitrogens is 2. The molecule has 0 aliphatic carbocycles. The molecular formula is C11H11FN4O2S. The first-order valence-electron chi connectivity index (χ1n) is 5.33. The van der Waals surface area contributed by atoms with Crippen molar-refractivity contribution < 1.29 is 13.6 Å². The third-order valence-corrected chi connectivity index (χ3v) is 3.17. The van der Waals surface area contributed by atoms with Crippen LogP contribution in [0.15, 0.2) is 27.8 Å². The molecule has 0 aliphatic heterocycles. The normalized spacial score (nSPS) is 10.6. The number of carbonyl (C=O) groups is 1. The number of rotatable bonds is 5. The van der Waals surface area contributed by atoms with E-state index in [2.05, 4.69) is 10.2 Å². The van der Waals surface area contributed by atoms with Crippen LogP contribution in [0.5, 0.6) is 0 Å². The molecule has 100 valence electrons. The summed E-state index contributed by atoms with van der Waals surface area (Å²) in [5.74, 6) is -0.460. The van der Waals surface area contributed by atoms with Crippen LogP contribution in [0.4, 0.5) is 4.39 Å². The lowest BCUT2D eigenvalue weighted by Crippen LogP contribution is -2.11. The van der Waals surface area contributed by atoms with Gasteiger partial charge in [-0.15, -0.1) is 10.2 Å². The molecule has 0 unspecified atom stereocenters. The second-order valence-electron chi connectivity index (χ2n) is 3.62. The summed E-state index contributed by atoms with van der Waals surface area (Å²) in [6.07, 6.45) is 0. The molecule has 0 atom stereocenters. The SMILES string of the molecule is NCc1nnc(SCc2cc(C(N)=O)ccc2F)o1. The van der Waals surface area contributed by atoms with Crippen LogP contribution in [0, 0.1) is 5.82 Å². The van der Waals surface area contributed by atoms with Crippen molar-refractivity contribution in [1.29, 1.82) is 0 Å². The number of primary amides is 1. The summed E-state index contributed by atoms with van der Waals surface area (Å²) in [6, 6.07) is 3.95. The van der Waals surface area contributed by atoms with Gasteiger partial charge in [-0.25, -0.2) is 4.39 Å². The minimum absolute atomic E-state index is 0.152. The molecule has 0 fully saturated rings. The van der Waals surface area contributed by atoms with Crippen molar-refractivity contribution in [2.45, 2.75) is 17.5 Å². The molecule has 1 aromatic heterocycles. The van der Waals surface area contributed by atoms with Crippen molar-refractivity contribution in [3.8, 4) is 0 Å². The standard InChI is InChI=1S/C11H11FN4O2S/c12-8-2-1-6(10(14)17)3-7(8)5-19-11-16-15-9(4-13)18-11/h1-3H,4-5,13H2,(H2,14,17). The summed E-state index contributed by atoms with van der Waals surface area (Å²) in [7, 11) is 0. The zero-order valence-corrected chi connectivity index (χ0v) is 10.6. The summed E-state index contributed by atoms with van der Waals surface area (Å²) in [4.78, 5) is 11.0. The van der Waals surface area contributed by atoms with E-state index in [0.717, 1.165) is 11.8 Å². The Labute approximate surface area is 112 Å². The minimum Gasteiger partial charge on any atom is -0.415 e. The van der Waals surface area contributed by atoms with Crippen LogP contribution < -0.4 is 11.5 Å². The molecule has 0 saturated heterocycles. The first-order chi connectivity index (χ1) is 9.10. The fraction of sp³-hybridized carbons (Fsp3) is 0.182. The number of nitrogens with two attached hydrogens (primary N) is 2. The number of carbonyl (C=O) groups excluding carboxylic acids is 1. The highest BCUT2D eigenvalue weighted by molar-refractivity contribution is 7.98. The number of hydrogen-bond donors (Lipinski definition) is 2. The van der Waals surface area contributed by atoms with E-state index in [4.69, 9.17) is 15.9 Å². The lowest BCUT2D eigenvalue weighted by Gasteiger charge is -2.03. The van der Waals surface area contributed by atoms with E-state index in [1.54, 1.807) is 0 Å². The molecule has 2 rings (SSSR count). The Bertz CT molecular complexity index is 602. The van der Waals surface area contributed by atoms with Crippen molar-refractivity contribution in [1.82, 2.24) is 10.2 Å². The van der Waals surface area contributed by atoms with Crippen LogP contribution in [0.2, 0.25) is 0 Å². The quantitative estimate of drug-likeness (QED) is 0.794. The molecule has 0 bridgehead atoms. The largest absolute Gasteiger partial charge is 0.415 e. The van der Waals surface area contributed by atoms with Gasteiger partial charge in [0.15, 0.2) is 0 Å². The molecule has 4 N–H and O–H groups in total. The molecule has 0 spiro atoms. The molecule has 1 amide bonds. The lowest BCUT2D eigenvalue weighted by atomic mass is 10.1. The lowest BCUT2D eigenvalue weighted by molar-refractivity contribution is 0.1000. The Balaban J connectivity index is 2.10. The number of halogens is 1. The summed E-state index contributed by atoms with van der Waals surface area (Å²) < 4.78 is 18.7. The predicted molar refractivity (Wildman–Crippen MR) is 66.7 cm³/mol. The average Bonchev–Trinajstić information content (AvgIpc) is 2.85. The number of benzene rings is 1. The van der Waals surface area contributed by atoms with Gasteiger partial charge in [0, 0.05) is 11.3 Å². The van der Waals surface area contributed by atoms with Crippen molar-refractivity contribution >= 4 is 17.7 Å². The van der Waals surface area contributed by atoms with Gasteiger partial charge < -0.3 is 15.9 Å². The van der Waals surface area contributed by atoms with E-state index in [0.29, 0.717) is 16.7 Å². The molecule has 19 heavy (non-hydrogen) atoms. The smallest absolute Gasteiger partial charge is 0.276 e. The van der Waals surface area contributed by atoms with Crippen LogP contribution in [0.25, 0.3) is 0 Å². The molecule has 1 heterocycles. The second kappa shape index (κ2) is 5.81. The van der Waals surface area contributed by atoms with Crippen LogP contribution in [-0.2, 0) is 12.3 Å². The number of amides is 1. The molecular weight excluding hydrogens is 271 g/mol. The molecule has 8 heteroatoms. The van der Waals surface area contributed by atoms with Crippen molar-refractivity contribution in [3.05, 3.63) is 41.0 Å². The van der Waals surface area contributed by atoms with E-state index in [9.17, 15) is 9.18 Å². The molecule has 0 aliphatic rings. The van der Waals surface area contributed by atoms with Gasteiger partial charge in [-0.2, -0.15) is 0 Å². The molecule has 6 nitrogen and oxygen atoms in total. The van der Waals surface area contributed by atoms with Crippen LogP contribution in [0.3, 0.4) is 0 Å². The van der Waals surface area contributed by atoms with E-state index in [1.807, 2.05) is 0 Å². The Morgan fingerprint density at radius 2 is 2.21 bits per heavy atom. The number of nitrogens with zero attached hydrogens (tertiary/aromatic N) is 2. The summed E-state index contributed by atoms with van der Waals surface area (Å²) >= 11 is 1.16. The van der Waals surface area contributed by atoms with E-state index in [1.165, 1.54) is 18.2 Å². The molecule has 0 radical (unpaired) electrons. The van der Waals surface area contributed by atoms with E-state index in [-0.39, 0.29) is 17.9 Å². The Morgan fingerprint density at radius 3 is 2.84 bits per heavy atom. The van der Waals surface area contributed by atoms with Crippen LogP contribution >= 0.6 is 11.8 Å². The fourth-order valence-electron chi connectivity index (χ4n) is 1.36. The summed E-state index contributed by atoms with van der Waals surface area (Å²) in [6.45, 7) is 0.152. The molecule has 0 saturated carbocycles. The summed E-state index contributed by atoms with van der Waals surface area (Å²) in [5, 5.41) is 7.72. The third kappa shape index (κ3) is 3.30. The molecule has 1 aromatic carbocycles. The maximum Gasteiger partial charge on any atom is 0.276 e. The van der Waals surface area contributed by atoms with Crippen LogP contribution in [0.1, 0.15) is 21.8 Å². The zero-order valence-electron chi connectivity index (χ0n) is 9.80. The maximum absolute atomic E-state index is 13.6. The zero-order chi connectivity index (χ0) is 13.8. The topological polar surface area (TPSA) is 108 Å². The first-order valence-corrected chi connectivity index (χ1v) is 6.32. The van der Waals surface area contributed by atoms with Crippen LogP contribution in [-0.4, -0.2) is 16.1 Å². The van der Waals surface area contributed by atoms with Gasteiger partial charge in [0.25, 0.3) is 5.22 Å². The highest BCUT2D eigenvalue weighted by atomic mass is 32.2. The van der Waals surface area contributed by atoms with Crippen molar-refractivity contribution in [2.24, 2.45) is 11.5 Å². The number of thioether (sulfide) groups is 1. The third-order valence-electron chi connectivity index (χ3n) is 2.30. The molecule has 2 aromatic rings. The Kier molecular flexibility index (Phi) is 4.13. The van der Waals surface area contributed by atoms with Gasteiger partial charge in [0.05, 0.1) is 6.54 Å². The number of hydrogen-bond acceptors (Lipinski definition) is 6. The maximum atomic E-state index is 13.6. The second-order valence-corrected chi connectivity index (χ2v) is 4.55. The average molecular weight is 282 g/mol. The highest BCUT2D eigenvalue weighted by Crippen LogP contribution is 2.23. The Morgan fingerprint density at radius 1 is 1.42 bits per heavy atom. The van der Waals surface area contributed by atoms with Gasteiger partial charge in [-0.3, -0.25) is 4.79 Å². The first kappa shape index (κ1) is 13.5. The van der Waals surface area contributed by atoms with Gasteiger partial charge in [-0.05, 0) is 23.8 Å². The Hall–Kier alpha value is -1.93. The van der Waals surface area contributed by atoms with E-state index < -0.39 is 11.7 Å². The monoisotopic (exact) mass is 282 g/mol. The predicted octanol–water partition coefficient (Wildman–Crippen LogP) is 1.06. The van der Waals surface area contributed by atoms with Gasteiger partial charge in [0.2, 0.25) is 11.8 Å². The minimum atomic E-state index is -0.602. The van der Waals surface area contributed by atoms with Gasteiger partial charge >= 0.3 is 0 Å². The van der Waals surface area contributed by atoms with Gasteiger partial charge in [0.1, 0.15) is 5.82 Å². The van der Waals surface area contributed by atoms with Crippen molar-refractivity contribution in [3.63, 3.8) is 0 Å². The summed E-state index contributed by atoms with van der Waals surface area (Å²) in [5.41, 5.74) is 11.1. The fourth-order valence-corrected chi connectivity index (χ4v) is 2.11.